The molecule has 1 N–H and O–H groups in total. The van der Waals surface area contributed by atoms with Crippen molar-refractivity contribution in [1.29, 1.82) is 0 Å². The molecule has 2 nitrogen and oxygen atoms in total. The molecule has 0 aliphatic heterocycles. The second kappa shape index (κ2) is 8.15. The van der Waals surface area contributed by atoms with Gasteiger partial charge in [0.05, 0.1) is 5.25 Å². The highest BCUT2D eigenvalue weighted by Gasteiger charge is 2.17. The first kappa shape index (κ1) is 18.1. The minimum Gasteiger partial charge on any atom is -0.325 e. The fourth-order valence-corrected chi connectivity index (χ4v) is 3.40. The van der Waals surface area contributed by atoms with Gasteiger partial charge in [0.15, 0.2) is 11.6 Å². The summed E-state index contributed by atoms with van der Waals surface area (Å²) in [5.41, 5.74) is 2.64. The van der Waals surface area contributed by atoms with E-state index in [4.69, 9.17) is 0 Å². The van der Waals surface area contributed by atoms with Crippen LogP contribution in [-0.2, 0) is 4.79 Å². The van der Waals surface area contributed by atoms with Crippen molar-refractivity contribution in [1.82, 2.24) is 0 Å². The summed E-state index contributed by atoms with van der Waals surface area (Å²) in [6, 6.07) is 20.9. The number of rotatable bonds is 5. The number of para-hydroxylation sites is 1. The molecule has 132 valence electrons. The number of carbonyl (C=O) groups is 1. The van der Waals surface area contributed by atoms with Crippen LogP contribution in [0.25, 0.3) is 11.1 Å². The topological polar surface area (TPSA) is 29.1 Å². The predicted octanol–water partition coefficient (Wildman–Crippen LogP) is 5.75. The predicted molar refractivity (Wildman–Crippen MR) is 102 cm³/mol. The van der Waals surface area contributed by atoms with Crippen LogP contribution >= 0.6 is 11.8 Å². The van der Waals surface area contributed by atoms with Gasteiger partial charge < -0.3 is 5.32 Å². The summed E-state index contributed by atoms with van der Waals surface area (Å²) in [6.45, 7) is 1.73. The fraction of sp³-hybridized carbons (Fsp3) is 0.0952. The van der Waals surface area contributed by atoms with Crippen LogP contribution in [0.15, 0.2) is 77.7 Å². The molecule has 26 heavy (non-hydrogen) atoms. The molecule has 1 amide bonds. The van der Waals surface area contributed by atoms with E-state index < -0.39 is 16.9 Å². The summed E-state index contributed by atoms with van der Waals surface area (Å²) in [4.78, 5) is 13.1. The van der Waals surface area contributed by atoms with Crippen molar-refractivity contribution in [2.75, 3.05) is 5.32 Å². The number of halogens is 2. The van der Waals surface area contributed by atoms with Gasteiger partial charge in [-0.2, -0.15) is 0 Å². The summed E-state index contributed by atoms with van der Waals surface area (Å²) in [5.74, 6) is -2.02. The van der Waals surface area contributed by atoms with Gasteiger partial charge in [-0.25, -0.2) is 8.78 Å². The van der Waals surface area contributed by atoms with Crippen molar-refractivity contribution in [3.05, 3.63) is 84.4 Å². The lowest BCUT2D eigenvalue weighted by Gasteiger charge is -2.15. The van der Waals surface area contributed by atoms with Gasteiger partial charge in [0.1, 0.15) is 0 Å². The standard InChI is InChI=1S/C21H17F2NOS/c1-14(26-16-11-12-18(22)19(23)13-16)21(25)24-20-10-6-5-9-17(20)15-7-3-2-4-8-15/h2-14H,1H3,(H,24,25). The first-order valence-corrected chi connectivity index (χ1v) is 8.99. The van der Waals surface area contributed by atoms with Crippen molar-refractivity contribution in [2.24, 2.45) is 0 Å². The molecule has 0 saturated heterocycles. The van der Waals surface area contributed by atoms with Crippen LogP contribution in [0.2, 0.25) is 0 Å². The molecule has 0 spiro atoms. The van der Waals surface area contributed by atoms with E-state index in [-0.39, 0.29) is 5.91 Å². The third kappa shape index (κ3) is 4.29. The molecule has 0 aromatic heterocycles. The van der Waals surface area contributed by atoms with Gasteiger partial charge in [-0.1, -0.05) is 48.5 Å². The summed E-state index contributed by atoms with van der Waals surface area (Å²) in [7, 11) is 0. The largest absolute Gasteiger partial charge is 0.325 e. The highest BCUT2D eigenvalue weighted by molar-refractivity contribution is 8.00. The Labute approximate surface area is 155 Å². The Morgan fingerprint density at radius 2 is 1.62 bits per heavy atom. The molecular formula is C21H17F2NOS. The average Bonchev–Trinajstić information content (AvgIpc) is 2.66. The molecule has 1 unspecified atom stereocenters. The highest BCUT2D eigenvalue weighted by atomic mass is 32.2. The van der Waals surface area contributed by atoms with E-state index in [0.29, 0.717) is 10.6 Å². The van der Waals surface area contributed by atoms with Crippen molar-refractivity contribution in [3.8, 4) is 11.1 Å². The lowest BCUT2D eigenvalue weighted by atomic mass is 10.0. The normalized spacial score (nSPS) is 11.8. The molecule has 3 aromatic rings. The molecule has 0 fully saturated rings. The molecule has 1 atom stereocenters. The third-order valence-corrected chi connectivity index (χ3v) is 4.94. The number of anilines is 1. The minimum atomic E-state index is -0.919. The van der Waals surface area contributed by atoms with Crippen LogP contribution in [0.1, 0.15) is 6.92 Å². The zero-order chi connectivity index (χ0) is 18.5. The molecular weight excluding hydrogens is 352 g/mol. The Bertz CT molecular complexity index is 915. The van der Waals surface area contributed by atoms with Crippen molar-refractivity contribution >= 4 is 23.4 Å². The Hall–Kier alpha value is -2.66. The Kier molecular flexibility index (Phi) is 5.68. The van der Waals surface area contributed by atoms with Crippen LogP contribution in [0.3, 0.4) is 0 Å². The van der Waals surface area contributed by atoms with Crippen molar-refractivity contribution < 1.29 is 13.6 Å². The molecule has 0 aliphatic carbocycles. The molecule has 0 aliphatic rings. The number of carbonyl (C=O) groups excluding carboxylic acids is 1. The third-order valence-electron chi connectivity index (χ3n) is 3.84. The molecule has 3 rings (SSSR count). The van der Waals surface area contributed by atoms with Gasteiger partial charge in [0.2, 0.25) is 5.91 Å². The minimum absolute atomic E-state index is 0.205. The Balaban J connectivity index is 1.74. The van der Waals surface area contributed by atoms with Gasteiger partial charge in [-0.3, -0.25) is 4.79 Å². The smallest absolute Gasteiger partial charge is 0.237 e. The summed E-state index contributed by atoms with van der Waals surface area (Å²) in [6.07, 6.45) is 0. The number of amides is 1. The number of hydrogen-bond donors (Lipinski definition) is 1. The lowest BCUT2D eigenvalue weighted by Crippen LogP contribution is -2.22. The number of benzene rings is 3. The number of hydrogen-bond acceptors (Lipinski definition) is 2. The maximum Gasteiger partial charge on any atom is 0.237 e. The van der Waals surface area contributed by atoms with Crippen LogP contribution in [0.5, 0.6) is 0 Å². The Morgan fingerprint density at radius 1 is 0.923 bits per heavy atom. The SMILES string of the molecule is CC(Sc1ccc(F)c(F)c1)C(=O)Nc1ccccc1-c1ccccc1. The van der Waals surface area contributed by atoms with E-state index in [1.54, 1.807) is 6.92 Å². The average molecular weight is 369 g/mol. The van der Waals surface area contributed by atoms with Crippen molar-refractivity contribution in [3.63, 3.8) is 0 Å². The summed E-state index contributed by atoms with van der Waals surface area (Å²) < 4.78 is 26.4. The first-order valence-electron chi connectivity index (χ1n) is 8.11. The second-order valence-corrected chi connectivity index (χ2v) is 7.15. The van der Waals surface area contributed by atoms with Gasteiger partial charge in [0.25, 0.3) is 0 Å². The number of thioether (sulfide) groups is 1. The lowest BCUT2D eigenvalue weighted by molar-refractivity contribution is -0.115. The van der Waals surface area contributed by atoms with Crippen LogP contribution in [0, 0.1) is 11.6 Å². The second-order valence-electron chi connectivity index (χ2n) is 5.74. The molecule has 0 bridgehead atoms. The van der Waals surface area contributed by atoms with Gasteiger partial charge in [0, 0.05) is 16.1 Å². The van der Waals surface area contributed by atoms with Gasteiger partial charge >= 0.3 is 0 Å². The van der Waals surface area contributed by atoms with Crippen molar-refractivity contribution in [2.45, 2.75) is 17.1 Å². The van der Waals surface area contributed by atoms with E-state index in [9.17, 15) is 13.6 Å². The maximum absolute atomic E-state index is 13.3. The fourth-order valence-electron chi connectivity index (χ4n) is 2.50. The molecule has 3 aromatic carbocycles. The van der Waals surface area contributed by atoms with Crippen LogP contribution < -0.4 is 5.32 Å². The van der Waals surface area contributed by atoms with E-state index in [2.05, 4.69) is 5.32 Å². The highest BCUT2D eigenvalue weighted by Crippen LogP contribution is 2.30. The monoisotopic (exact) mass is 369 g/mol. The van der Waals surface area contributed by atoms with E-state index in [0.717, 1.165) is 23.3 Å². The molecule has 5 heteroatoms. The Morgan fingerprint density at radius 3 is 2.35 bits per heavy atom. The summed E-state index contributed by atoms with van der Waals surface area (Å²) in [5, 5.41) is 2.46. The van der Waals surface area contributed by atoms with Gasteiger partial charge in [-0.15, -0.1) is 11.8 Å². The molecule has 0 radical (unpaired) electrons. The van der Waals surface area contributed by atoms with Crippen LogP contribution in [-0.4, -0.2) is 11.2 Å². The molecule has 0 saturated carbocycles. The zero-order valence-corrected chi connectivity index (χ0v) is 14.9. The first-order chi connectivity index (χ1) is 12.5. The van der Waals surface area contributed by atoms with E-state index in [1.165, 1.54) is 17.8 Å². The van der Waals surface area contributed by atoms with Gasteiger partial charge in [-0.05, 0) is 36.8 Å². The van der Waals surface area contributed by atoms with E-state index in [1.807, 2.05) is 54.6 Å². The molecule has 0 heterocycles. The van der Waals surface area contributed by atoms with Crippen LogP contribution in [0.4, 0.5) is 14.5 Å². The number of nitrogens with one attached hydrogen (secondary N) is 1. The maximum atomic E-state index is 13.3. The zero-order valence-electron chi connectivity index (χ0n) is 14.1. The summed E-state index contributed by atoms with van der Waals surface area (Å²) >= 11 is 1.18. The van der Waals surface area contributed by atoms with E-state index >= 15 is 0 Å². The quantitative estimate of drug-likeness (QED) is 0.580.